The molecule has 186 valence electrons. The number of benzene rings is 1. The number of pyridine rings is 1. The van der Waals surface area contributed by atoms with Crippen LogP contribution in [0.3, 0.4) is 0 Å². The number of likely N-dealkylation sites (N-methyl/N-ethyl adjacent to an activating group) is 1. The van der Waals surface area contributed by atoms with E-state index in [0.29, 0.717) is 49.6 Å². The summed E-state index contributed by atoms with van der Waals surface area (Å²) in [6.07, 6.45) is -9.98. The number of carbonyl (C=O) groups is 1. The van der Waals surface area contributed by atoms with Gasteiger partial charge in [0.1, 0.15) is 6.04 Å². The number of halogens is 6. The van der Waals surface area contributed by atoms with Gasteiger partial charge < -0.3 is 4.90 Å². The maximum absolute atomic E-state index is 13.2. The first-order chi connectivity index (χ1) is 15.8. The van der Waals surface area contributed by atoms with Gasteiger partial charge in [-0.05, 0) is 45.2 Å². The highest BCUT2D eigenvalue weighted by molar-refractivity contribution is 5.84. The van der Waals surface area contributed by atoms with Crippen molar-refractivity contribution in [1.82, 2.24) is 20.2 Å². The smallest absolute Gasteiger partial charge is 0.304 e. The van der Waals surface area contributed by atoms with Crippen LogP contribution >= 0.6 is 0 Å². The first-order valence-electron chi connectivity index (χ1n) is 10.5. The molecule has 1 fully saturated rings. The van der Waals surface area contributed by atoms with Crippen LogP contribution in [0.1, 0.15) is 34.1 Å². The van der Waals surface area contributed by atoms with E-state index >= 15 is 0 Å². The lowest BCUT2D eigenvalue weighted by molar-refractivity contribution is -0.143. The van der Waals surface area contributed by atoms with Crippen molar-refractivity contribution >= 4 is 11.6 Å². The average Bonchev–Trinajstić information content (AvgIpc) is 2.74. The molecule has 0 radical (unpaired) electrons. The molecule has 0 spiro atoms. The summed E-state index contributed by atoms with van der Waals surface area (Å²) in [6, 6.07) is 3.72. The zero-order valence-electron chi connectivity index (χ0n) is 18.8. The molecule has 6 nitrogen and oxygen atoms in total. The number of anilines is 1. The van der Waals surface area contributed by atoms with Crippen molar-refractivity contribution in [3.05, 3.63) is 58.4 Å². The maximum Gasteiger partial charge on any atom is 0.416 e. The first-order valence-corrected chi connectivity index (χ1v) is 10.5. The number of hydrogen-bond acceptors (Lipinski definition) is 5. The van der Waals surface area contributed by atoms with E-state index < -0.39 is 41.1 Å². The van der Waals surface area contributed by atoms with Gasteiger partial charge in [-0.2, -0.15) is 26.3 Å². The van der Waals surface area contributed by atoms with E-state index in [1.807, 2.05) is 11.9 Å². The van der Waals surface area contributed by atoms with E-state index in [0.717, 1.165) is 5.69 Å². The Morgan fingerprint density at radius 2 is 1.50 bits per heavy atom. The van der Waals surface area contributed by atoms with Gasteiger partial charge in [0.25, 0.3) is 5.91 Å². The summed E-state index contributed by atoms with van der Waals surface area (Å²) in [4.78, 5) is 21.6. The number of hydrazine groups is 1. The molecule has 1 aliphatic rings. The third-order valence-corrected chi connectivity index (χ3v) is 5.63. The molecule has 1 atom stereocenters. The minimum Gasteiger partial charge on any atom is -0.304 e. The molecule has 0 bridgehead atoms. The molecule has 1 aliphatic heterocycles. The summed E-state index contributed by atoms with van der Waals surface area (Å²) in [5, 5.41) is 0. The number of nitrogens with one attached hydrogen (secondary N) is 2. The molecule has 0 aliphatic carbocycles. The van der Waals surface area contributed by atoms with Crippen LogP contribution in [0.4, 0.5) is 32.0 Å². The van der Waals surface area contributed by atoms with Crippen molar-refractivity contribution in [1.29, 1.82) is 0 Å². The highest BCUT2D eigenvalue weighted by Crippen LogP contribution is 2.37. The molecule has 1 aromatic carbocycles. The fourth-order valence-electron chi connectivity index (χ4n) is 3.80. The molecule has 1 unspecified atom stereocenters. The van der Waals surface area contributed by atoms with Crippen LogP contribution in [0.25, 0.3) is 0 Å². The summed E-state index contributed by atoms with van der Waals surface area (Å²) in [6.45, 7) is 6.02. The molecule has 3 rings (SSSR count). The SMILES string of the molecule is Cc1ccc(C(C(=O)NNc2cc(C(F)(F)F)cc(C(F)(F)F)c2)N2CCN(C)CC2)c(C)n1. The summed E-state index contributed by atoms with van der Waals surface area (Å²) in [5.74, 6) is -0.621. The maximum atomic E-state index is 13.2. The highest BCUT2D eigenvalue weighted by atomic mass is 19.4. The summed E-state index contributed by atoms with van der Waals surface area (Å²) >= 11 is 0. The van der Waals surface area contributed by atoms with Gasteiger partial charge in [0.2, 0.25) is 0 Å². The van der Waals surface area contributed by atoms with Crippen molar-refractivity contribution in [3.8, 4) is 0 Å². The van der Waals surface area contributed by atoms with E-state index in [4.69, 9.17) is 0 Å². The Balaban J connectivity index is 1.88. The van der Waals surface area contributed by atoms with Gasteiger partial charge >= 0.3 is 12.4 Å². The highest BCUT2D eigenvalue weighted by Gasteiger charge is 2.37. The predicted molar refractivity (Wildman–Crippen MR) is 114 cm³/mol. The van der Waals surface area contributed by atoms with Gasteiger partial charge in [-0.15, -0.1) is 0 Å². The molecule has 2 N–H and O–H groups in total. The number of aromatic nitrogens is 1. The monoisotopic (exact) mass is 489 g/mol. The average molecular weight is 489 g/mol. The van der Waals surface area contributed by atoms with Gasteiger partial charge in [0.05, 0.1) is 16.8 Å². The normalized spacial score (nSPS) is 16.9. The molecule has 1 saturated heterocycles. The lowest BCUT2D eigenvalue weighted by Gasteiger charge is -2.37. The van der Waals surface area contributed by atoms with Crippen molar-refractivity contribution in [2.24, 2.45) is 0 Å². The second-order valence-electron chi connectivity index (χ2n) is 8.28. The second-order valence-corrected chi connectivity index (χ2v) is 8.28. The first kappa shape index (κ1) is 25.8. The number of carbonyl (C=O) groups excluding carboxylic acids is 1. The van der Waals surface area contributed by atoms with Gasteiger partial charge in [-0.25, -0.2) is 0 Å². The van der Waals surface area contributed by atoms with Gasteiger partial charge in [-0.3, -0.25) is 25.5 Å². The number of amides is 1. The Morgan fingerprint density at radius 1 is 0.941 bits per heavy atom. The van der Waals surface area contributed by atoms with Gasteiger partial charge in [0.15, 0.2) is 0 Å². The van der Waals surface area contributed by atoms with Crippen molar-refractivity contribution in [2.45, 2.75) is 32.2 Å². The van der Waals surface area contributed by atoms with E-state index in [1.165, 1.54) is 0 Å². The quantitative estimate of drug-likeness (QED) is 0.488. The predicted octanol–water partition coefficient (Wildman–Crippen LogP) is 4.17. The summed E-state index contributed by atoms with van der Waals surface area (Å²) in [7, 11) is 1.94. The van der Waals surface area contributed by atoms with Crippen LogP contribution in [-0.4, -0.2) is 53.9 Å². The molecule has 1 amide bonds. The van der Waals surface area contributed by atoms with E-state index in [9.17, 15) is 31.1 Å². The fourth-order valence-corrected chi connectivity index (χ4v) is 3.80. The number of aryl methyl sites for hydroxylation is 2. The number of alkyl halides is 6. The van der Waals surface area contributed by atoms with Gasteiger partial charge in [0, 0.05) is 43.1 Å². The minimum absolute atomic E-state index is 0.0291. The summed E-state index contributed by atoms with van der Waals surface area (Å²) in [5.41, 5.74) is 3.01. The number of nitrogens with zero attached hydrogens (tertiary/aromatic N) is 3. The molecule has 34 heavy (non-hydrogen) atoms. The number of piperazine rings is 1. The van der Waals surface area contributed by atoms with Crippen molar-refractivity contribution < 1.29 is 31.1 Å². The topological polar surface area (TPSA) is 60.5 Å². The molecule has 0 saturated carbocycles. The van der Waals surface area contributed by atoms with Crippen molar-refractivity contribution in [2.75, 3.05) is 38.7 Å². The molecule has 12 heteroatoms. The Hall–Kier alpha value is -2.86. The van der Waals surface area contributed by atoms with Crippen molar-refractivity contribution in [3.63, 3.8) is 0 Å². The number of hydrogen-bond donors (Lipinski definition) is 2. The van der Waals surface area contributed by atoms with Crippen LogP contribution in [-0.2, 0) is 17.1 Å². The lowest BCUT2D eigenvalue weighted by Crippen LogP contribution is -2.50. The fraction of sp³-hybridized carbons (Fsp3) is 0.455. The molecule has 2 aromatic rings. The van der Waals surface area contributed by atoms with E-state index in [-0.39, 0.29) is 6.07 Å². The largest absolute Gasteiger partial charge is 0.416 e. The van der Waals surface area contributed by atoms with E-state index in [2.05, 4.69) is 20.7 Å². The zero-order valence-corrected chi connectivity index (χ0v) is 18.8. The summed E-state index contributed by atoms with van der Waals surface area (Å²) < 4.78 is 78.8. The molecular weight excluding hydrogens is 464 g/mol. The van der Waals surface area contributed by atoms with E-state index in [1.54, 1.807) is 26.0 Å². The molecular formula is C22H25F6N5O. The molecule has 1 aromatic heterocycles. The standard InChI is InChI=1S/C22H25F6N5O/c1-13-4-5-18(14(2)29-13)19(33-8-6-32(3)7-9-33)20(34)31-30-17-11-15(21(23,24)25)10-16(12-17)22(26,27)28/h4-5,10-12,19,30H,6-9H2,1-3H3,(H,31,34). The lowest BCUT2D eigenvalue weighted by atomic mass is 10.0. The molecule has 2 heterocycles. The Labute approximate surface area is 192 Å². The zero-order chi connectivity index (χ0) is 25.3. The van der Waals surface area contributed by atoms with Crippen LogP contribution in [0.15, 0.2) is 30.3 Å². The Kier molecular flexibility index (Phi) is 7.41. The third-order valence-electron chi connectivity index (χ3n) is 5.63. The van der Waals surface area contributed by atoms with Crippen LogP contribution in [0, 0.1) is 13.8 Å². The van der Waals surface area contributed by atoms with Crippen LogP contribution in [0.2, 0.25) is 0 Å². The van der Waals surface area contributed by atoms with Gasteiger partial charge in [-0.1, -0.05) is 6.07 Å². The number of rotatable bonds is 5. The van der Waals surface area contributed by atoms with Crippen LogP contribution < -0.4 is 10.9 Å². The third kappa shape index (κ3) is 6.17. The Morgan fingerprint density at radius 3 is 2.00 bits per heavy atom. The van der Waals surface area contributed by atoms with Crippen LogP contribution in [0.5, 0.6) is 0 Å². The second kappa shape index (κ2) is 9.79. The Bertz CT molecular complexity index is 999. The minimum atomic E-state index is -4.99.